The van der Waals surface area contributed by atoms with Crippen molar-refractivity contribution >= 4 is 6.09 Å². The van der Waals surface area contributed by atoms with E-state index in [2.05, 4.69) is 11.9 Å². The van der Waals surface area contributed by atoms with Crippen molar-refractivity contribution in [1.82, 2.24) is 5.32 Å². The summed E-state index contributed by atoms with van der Waals surface area (Å²) in [5, 5.41) is 9.32. The number of ether oxygens (including phenoxy) is 1. The Hall–Kier alpha value is -1.81. The number of aliphatic hydroxyl groups is 1. The van der Waals surface area contributed by atoms with Gasteiger partial charge in [-0.15, -0.1) is 0 Å². The molecule has 1 aromatic rings. The predicted molar refractivity (Wildman–Crippen MR) is 58.1 cm³/mol. The minimum Gasteiger partial charge on any atom is -0.444 e. The van der Waals surface area contributed by atoms with Crippen molar-refractivity contribution in [3.63, 3.8) is 0 Å². The average Bonchev–Trinajstić information content (AvgIpc) is 2.31. The van der Waals surface area contributed by atoms with E-state index in [0.717, 1.165) is 12.7 Å². The smallest absolute Gasteiger partial charge is 0.411 e. The van der Waals surface area contributed by atoms with Gasteiger partial charge in [-0.25, -0.2) is 4.79 Å². The van der Waals surface area contributed by atoms with Crippen molar-refractivity contribution in [3.05, 3.63) is 48.7 Å². The minimum atomic E-state index is -0.487. The molecule has 0 radical (unpaired) electrons. The molecule has 0 unspecified atom stereocenters. The molecule has 0 atom stereocenters. The molecule has 2 N–H and O–H groups in total. The van der Waals surface area contributed by atoms with Crippen LogP contribution < -0.4 is 5.32 Å². The highest BCUT2D eigenvalue weighted by atomic mass is 16.5. The summed E-state index contributed by atoms with van der Waals surface area (Å²) in [5.74, 6) is 0. The highest BCUT2D eigenvalue weighted by Crippen LogP contribution is 2.00. The second-order valence-corrected chi connectivity index (χ2v) is 2.41. The van der Waals surface area contributed by atoms with Gasteiger partial charge in [-0.05, 0) is 11.8 Å². The molecule has 0 bridgehead atoms. The van der Waals surface area contributed by atoms with Crippen molar-refractivity contribution in [2.45, 2.75) is 6.61 Å². The summed E-state index contributed by atoms with van der Waals surface area (Å²) in [6, 6.07) is 9.48. The van der Waals surface area contributed by atoms with E-state index in [-0.39, 0.29) is 6.61 Å². The maximum atomic E-state index is 10.8. The Kier molecular flexibility index (Phi) is 7.71. The fraction of sp³-hybridized carbons (Fsp3) is 0.182. The van der Waals surface area contributed by atoms with Crippen molar-refractivity contribution in [2.75, 3.05) is 7.11 Å². The highest BCUT2D eigenvalue weighted by Gasteiger charge is 1.97. The van der Waals surface area contributed by atoms with E-state index in [9.17, 15) is 4.79 Å². The quantitative estimate of drug-likeness (QED) is 0.796. The van der Waals surface area contributed by atoms with Crippen LogP contribution in [0.3, 0.4) is 0 Å². The molecule has 4 heteroatoms. The number of hydrogen-bond donors (Lipinski definition) is 2. The van der Waals surface area contributed by atoms with Gasteiger partial charge in [-0.1, -0.05) is 36.9 Å². The summed E-state index contributed by atoms with van der Waals surface area (Å²) in [6.45, 7) is 3.62. The Morgan fingerprint density at radius 2 is 2.07 bits per heavy atom. The standard InChI is InChI=1S/C10H11NO2.CH4O/c1-2-11-10(12)13-8-9-6-4-3-5-7-9;1-2/h2-7H,1,8H2,(H,11,12);2H,1H3. The van der Waals surface area contributed by atoms with E-state index in [1.165, 1.54) is 6.20 Å². The fourth-order valence-electron chi connectivity index (χ4n) is 0.848. The molecule has 15 heavy (non-hydrogen) atoms. The molecule has 0 aliphatic rings. The minimum absolute atomic E-state index is 0.278. The molecule has 0 aliphatic carbocycles. The number of amides is 1. The third-order valence-electron chi connectivity index (χ3n) is 1.43. The number of nitrogens with one attached hydrogen (secondary N) is 1. The Balaban J connectivity index is 0.000000921. The van der Waals surface area contributed by atoms with Crippen molar-refractivity contribution in [2.24, 2.45) is 0 Å². The molecule has 0 heterocycles. The number of carbonyl (C=O) groups is 1. The van der Waals surface area contributed by atoms with Crippen molar-refractivity contribution in [3.8, 4) is 0 Å². The number of carbonyl (C=O) groups excluding carboxylic acids is 1. The van der Waals surface area contributed by atoms with E-state index >= 15 is 0 Å². The van der Waals surface area contributed by atoms with Crippen LogP contribution in [0.1, 0.15) is 5.56 Å². The molecule has 4 nitrogen and oxygen atoms in total. The van der Waals surface area contributed by atoms with Gasteiger partial charge in [-0.3, -0.25) is 5.32 Å². The van der Waals surface area contributed by atoms with Crippen LogP contribution in [0, 0.1) is 0 Å². The van der Waals surface area contributed by atoms with E-state index in [0.29, 0.717) is 0 Å². The molecule has 82 valence electrons. The van der Waals surface area contributed by atoms with Crippen LogP contribution in [-0.4, -0.2) is 18.3 Å². The van der Waals surface area contributed by atoms with Crippen molar-refractivity contribution in [1.29, 1.82) is 0 Å². The van der Waals surface area contributed by atoms with Gasteiger partial charge in [0.1, 0.15) is 6.61 Å². The number of rotatable bonds is 3. The lowest BCUT2D eigenvalue weighted by Crippen LogP contribution is -2.17. The molecule has 0 fully saturated rings. The Bertz CT molecular complexity index is 285. The molecule has 1 rings (SSSR count). The predicted octanol–water partition coefficient (Wildman–Crippen LogP) is 1.66. The largest absolute Gasteiger partial charge is 0.444 e. The zero-order valence-electron chi connectivity index (χ0n) is 8.64. The van der Waals surface area contributed by atoms with Crippen LogP contribution in [0.15, 0.2) is 43.1 Å². The Morgan fingerprint density at radius 3 is 2.60 bits per heavy atom. The molecule has 0 saturated heterocycles. The molecular weight excluding hydrogens is 194 g/mol. The maximum absolute atomic E-state index is 10.8. The fourth-order valence-corrected chi connectivity index (χ4v) is 0.848. The van der Waals surface area contributed by atoms with Gasteiger partial charge in [0.25, 0.3) is 0 Å². The SMILES string of the molecule is C=CNC(=O)OCc1ccccc1.CO. The molecule has 0 spiro atoms. The number of alkyl carbamates (subject to hydrolysis) is 1. The zero-order chi connectivity index (χ0) is 11.5. The van der Waals surface area contributed by atoms with Gasteiger partial charge in [0, 0.05) is 7.11 Å². The summed E-state index contributed by atoms with van der Waals surface area (Å²) >= 11 is 0. The molecule has 1 amide bonds. The summed E-state index contributed by atoms with van der Waals surface area (Å²) < 4.78 is 4.85. The lowest BCUT2D eigenvalue weighted by Gasteiger charge is -2.02. The lowest BCUT2D eigenvalue weighted by atomic mass is 10.2. The van der Waals surface area contributed by atoms with E-state index < -0.39 is 6.09 Å². The molecule has 0 aromatic heterocycles. The number of benzene rings is 1. The van der Waals surface area contributed by atoms with Crippen LogP contribution in [0.5, 0.6) is 0 Å². The normalized spacial score (nSPS) is 8.13. The van der Waals surface area contributed by atoms with Gasteiger partial charge < -0.3 is 9.84 Å². The highest BCUT2D eigenvalue weighted by molar-refractivity contribution is 5.68. The first kappa shape index (κ1) is 13.2. The molecule has 0 aliphatic heterocycles. The third-order valence-corrected chi connectivity index (χ3v) is 1.43. The van der Waals surface area contributed by atoms with Gasteiger partial charge >= 0.3 is 6.09 Å². The monoisotopic (exact) mass is 209 g/mol. The summed E-state index contributed by atoms with van der Waals surface area (Å²) in [5.41, 5.74) is 0.960. The van der Waals surface area contributed by atoms with Crippen LogP contribution in [0.2, 0.25) is 0 Å². The molecule has 1 aromatic carbocycles. The van der Waals surface area contributed by atoms with Gasteiger partial charge in [-0.2, -0.15) is 0 Å². The third kappa shape index (κ3) is 6.29. The van der Waals surface area contributed by atoms with Gasteiger partial charge in [0.2, 0.25) is 0 Å². The average molecular weight is 209 g/mol. The van der Waals surface area contributed by atoms with E-state index in [4.69, 9.17) is 9.84 Å². The Morgan fingerprint density at radius 1 is 1.47 bits per heavy atom. The van der Waals surface area contributed by atoms with Gasteiger partial charge in [0.05, 0.1) is 0 Å². The molecule has 0 saturated carbocycles. The first-order valence-corrected chi connectivity index (χ1v) is 4.36. The van der Waals surface area contributed by atoms with Crippen LogP contribution in [0.25, 0.3) is 0 Å². The topological polar surface area (TPSA) is 58.6 Å². The van der Waals surface area contributed by atoms with Crippen LogP contribution in [0.4, 0.5) is 4.79 Å². The van der Waals surface area contributed by atoms with Crippen LogP contribution in [-0.2, 0) is 11.3 Å². The lowest BCUT2D eigenvalue weighted by molar-refractivity contribution is 0.143. The summed E-state index contributed by atoms with van der Waals surface area (Å²) in [4.78, 5) is 10.8. The maximum Gasteiger partial charge on any atom is 0.411 e. The second-order valence-electron chi connectivity index (χ2n) is 2.41. The Labute approximate surface area is 89.2 Å². The van der Waals surface area contributed by atoms with Gasteiger partial charge in [0.15, 0.2) is 0 Å². The zero-order valence-corrected chi connectivity index (χ0v) is 8.64. The summed E-state index contributed by atoms with van der Waals surface area (Å²) in [6.07, 6.45) is 0.798. The number of hydrogen-bond acceptors (Lipinski definition) is 3. The van der Waals surface area contributed by atoms with E-state index in [1.54, 1.807) is 0 Å². The first-order chi connectivity index (χ1) is 7.33. The number of aliphatic hydroxyl groups excluding tert-OH is 1. The van der Waals surface area contributed by atoms with Crippen LogP contribution >= 0.6 is 0 Å². The van der Waals surface area contributed by atoms with Crippen molar-refractivity contribution < 1.29 is 14.6 Å². The second kappa shape index (κ2) is 8.77. The van der Waals surface area contributed by atoms with E-state index in [1.807, 2.05) is 30.3 Å². The first-order valence-electron chi connectivity index (χ1n) is 4.36. The molecular formula is C11H15NO3. The summed E-state index contributed by atoms with van der Waals surface area (Å²) in [7, 11) is 1.00.